The van der Waals surface area contributed by atoms with Gasteiger partial charge in [0.05, 0.1) is 38.3 Å². The highest BCUT2D eigenvalue weighted by atomic mass is 79.9. The lowest BCUT2D eigenvalue weighted by molar-refractivity contribution is -0.111. The van der Waals surface area contributed by atoms with Crippen molar-refractivity contribution in [1.29, 1.82) is 0 Å². The lowest BCUT2D eigenvalue weighted by atomic mass is 9.48. The minimum Gasteiger partial charge on any atom is -0.405 e. The second-order valence-corrected chi connectivity index (χ2v) is 14.7. The number of hydrogen-bond donors (Lipinski definition) is 0. The number of rotatable bonds is 2. The van der Waals surface area contributed by atoms with Crippen molar-refractivity contribution in [2.45, 2.75) is 82.7 Å². The molecular formula is C30H34B2BrNO4S. The minimum atomic E-state index is -0.620. The van der Waals surface area contributed by atoms with Crippen molar-refractivity contribution >= 4 is 57.7 Å². The highest BCUT2D eigenvalue weighted by Crippen LogP contribution is 2.64. The zero-order valence-corrected chi connectivity index (χ0v) is 26.0. The fourth-order valence-electron chi connectivity index (χ4n) is 7.54. The van der Waals surface area contributed by atoms with Gasteiger partial charge in [0.15, 0.2) is 0 Å². The summed E-state index contributed by atoms with van der Waals surface area (Å²) < 4.78 is 27.9. The molecule has 3 unspecified atom stereocenters. The second kappa shape index (κ2) is 8.24. The van der Waals surface area contributed by atoms with Gasteiger partial charge in [-0.15, -0.1) is 11.3 Å². The second-order valence-electron chi connectivity index (χ2n) is 13.0. The first-order chi connectivity index (χ1) is 18.3. The van der Waals surface area contributed by atoms with Crippen LogP contribution in [0.4, 0.5) is 16.4 Å². The number of halogens is 1. The molecule has 1 aromatic heterocycles. The molecule has 0 spiro atoms. The Morgan fingerprint density at radius 1 is 0.769 bits per heavy atom. The van der Waals surface area contributed by atoms with E-state index in [1.807, 2.05) is 0 Å². The number of nitrogens with zero attached hydrogens (tertiary/aromatic N) is 1. The third-order valence-electron chi connectivity index (χ3n) is 10.4. The molecule has 3 aromatic rings. The van der Waals surface area contributed by atoms with Crippen molar-refractivity contribution in [2.75, 3.05) is 4.90 Å². The van der Waals surface area contributed by atoms with E-state index in [1.54, 1.807) is 11.3 Å². The van der Waals surface area contributed by atoms with Gasteiger partial charge in [0.1, 0.15) is 5.00 Å². The van der Waals surface area contributed by atoms with Gasteiger partial charge < -0.3 is 23.5 Å². The minimum absolute atomic E-state index is 0.00634. The maximum Gasteiger partial charge on any atom is 0.489 e. The highest BCUT2D eigenvalue weighted by molar-refractivity contribution is 9.10. The zero-order valence-electron chi connectivity index (χ0n) is 23.6. The molecule has 5 nitrogen and oxygen atoms in total. The van der Waals surface area contributed by atoms with E-state index in [2.05, 4.69) is 129 Å². The van der Waals surface area contributed by atoms with Crippen molar-refractivity contribution in [3.63, 3.8) is 0 Å². The summed E-state index contributed by atoms with van der Waals surface area (Å²) in [5.41, 5.74) is 2.27. The molecule has 4 aliphatic rings. The lowest BCUT2D eigenvalue weighted by Crippen LogP contribution is -2.62. The molecule has 0 aliphatic carbocycles. The fraction of sp³-hybridized carbons (Fsp3) is 0.467. The van der Waals surface area contributed by atoms with Crippen molar-refractivity contribution in [3.05, 3.63) is 75.6 Å². The molecular weight excluding hydrogens is 572 g/mol. The summed E-state index contributed by atoms with van der Waals surface area (Å²) in [6.07, 6.45) is 0.744. The van der Waals surface area contributed by atoms with E-state index in [9.17, 15) is 0 Å². The summed E-state index contributed by atoms with van der Waals surface area (Å²) in [4.78, 5) is 2.41. The average Bonchev–Trinajstić information content (AvgIpc) is 3.49. The molecule has 202 valence electrons. The van der Waals surface area contributed by atoms with Gasteiger partial charge in [0.25, 0.3) is 0 Å². The van der Waals surface area contributed by atoms with Gasteiger partial charge in [-0.3, -0.25) is 0 Å². The Hall–Kier alpha value is -1.61. The number of fused-ring (bicyclic) bond motifs is 7. The summed E-state index contributed by atoms with van der Waals surface area (Å²) in [5.74, 6) is -0.00634. The molecule has 5 heterocycles. The number of anilines is 3. The zero-order chi connectivity index (χ0) is 27.6. The summed E-state index contributed by atoms with van der Waals surface area (Å²) in [5, 5.41) is 3.31. The van der Waals surface area contributed by atoms with E-state index in [0.29, 0.717) is 0 Å². The molecule has 0 saturated carbocycles. The quantitative estimate of drug-likeness (QED) is 0.278. The van der Waals surface area contributed by atoms with Gasteiger partial charge in [-0.25, -0.2) is 0 Å². The van der Waals surface area contributed by atoms with Crippen LogP contribution in [0.2, 0.25) is 0 Å². The fourth-order valence-corrected chi connectivity index (χ4v) is 9.12. The Morgan fingerprint density at radius 2 is 1.33 bits per heavy atom. The lowest BCUT2D eigenvalue weighted by Gasteiger charge is -2.56. The van der Waals surface area contributed by atoms with Gasteiger partial charge in [-0.05, 0) is 98.6 Å². The normalized spacial score (nSPS) is 31.5. The van der Waals surface area contributed by atoms with Crippen LogP contribution >= 0.6 is 27.3 Å². The van der Waals surface area contributed by atoms with Crippen LogP contribution in [0.25, 0.3) is 0 Å². The smallest absolute Gasteiger partial charge is 0.405 e. The standard InChI is InChI=1S/C30H34B2BrNO4S/c1-26(2)28(5)18-24(30(7)27(3,4)36-32(38-30)31(35-26)37-28)29(6)19-12-8-10-14-22(19)34(25-21(33)16-17-39-25)23-15-11-9-13-20(23)29/h8-17,24H,18H2,1-7H3. The van der Waals surface area contributed by atoms with Gasteiger partial charge in [0.2, 0.25) is 0 Å². The molecule has 39 heavy (non-hydrogen) atoms. The van der Waals surface area contributed by atoms with Crippen LogP contribution in [0.5, 0.6) is 0 Å². The summed E-state index contributed by atoms with van der Waals surface area (Å²) in [7, 11) is -1.15. The molecule has 7 rings (SSSR count). The average molecular weight is 606 g/mol. The van der Waals surface area contributed by atoms with Crippen molar-refractivity contribution in [3.8, 4) is 0 Å². The van der Waals surface area contributed by atoms with Gasteiger partial charge in [0, 0.05) is 11.3 Å². The Labute approximate surface area is 244 Å². The number of hydrogen-bond acceptors (Lipinski definition) is 6. The van der Waals surface area contributed by atoms with Crippen LogP contribution in [-0.2, 0) is 24.0 Å². The van der Waals surface area contributed by atoms with Gasteiger partial charge in [-0.1, -0.05) is 43.3 Å². The van der Waals surface area contributed by atoms with Crippen LogP contribution in [0.15, 0.2) is 64.5 Å². The van der Waals surface area contributed by atoms with Gasteiger partial charge >= 0.3 is 14.0 Å². The number of benzene rings is 2. The first kappa shape index (κ1) is 26.3. The molecule has 0 radical (unpaired) electrons. The first-order valence-corrected chi connectivity index (χ1v) is 15.4. The van der Waals surface area contributed by atoms with Crippen molar-refractivity contribution in [2.24, 2.45) is 5.92 Å². The van der Waals surface area contributed by atoms with Crippen LogP contribution in [0, 0.1) is 5.92 Å². The molecule has 9 heteroatoms. The predicted octanol–water partition coefficient (Wildman–Crippen LogP) is 7.84. The highest BCUT2D eigenvalue weighted by Gasteiger charge is 2.73. The molecule has 2 aromatic carbocycles. The topological polar surface area (TPSA) is 40.2 Å². The molecule has 3 fully saturated rings. The largest absolute Gasteiger partial charge is 0.489 e. The summed E-state index contributed by atoms with van der Waals surface area (Å²) in [6.45, 7) is 15.4. The summed E-state index contributed by atoms with van der Waals surface area (Å²) in [6, 6.07) is 19.8. The maximum atomic E-state index is 6.96. The van der Waals surface area contributed by atoms with E-state index in [4.69, 9.17) is 18.6 Å². The van der Waals surface area contributed by atoms with Crippen LogP contribution in [0.3, 0.4) is 0 Å². The van der Waals surface area contributed by atoms with Crippen molar-refractivity contribution in [1.82, 2.24) is 0 Å². The number of thiophene rings is 1. The van der Waals surface area contributed by atoms with Crippen molar-refractivity contribution < 1.29 is 18.6 Å². The van der Waals surface area contributed by atoms with E-state index in [1.165, 1.54) is 27.5 Å². The predicted molar refractivity (Wildman–Crippen MR) is 162 cm³/mol. The Bertz CT molecular complexity index is 1430. The molecule has 4 bridgehead atoms. The third-order valence-corrected chi connectivity index (χ3v) is 12.2. The molecule has 0 amide bonds. The van der Waals surface area contributed by atoms with Crippen LogP contribution in [-0.4, -0.2) is 36.4 Å². The van der Waals surface area contributed by atoms with Crippen LogP contribution in [0.1, 0.15) is 66.0 Å². The Balaban J connectivity index is 1.52. The van der Waals surface area contributed by atoms with E-state index < -0.39 is 41.8 Å². The SMILES string of the molecule is CC1(C2CC3(C)OB(OC3(C)C)B3OC(C)(C)C2(C)O3)c2ccccc2N(c2sccc2Br)c2ccccc21. The van der Waals surface area contributed by atoms with E-state index in [-0.39, 0.29) is 5.92 Å². The van der Waals surface area contributed by atoms with E-state index >= 15 is 0 Å². The molecule has 3 saturated heterocycles. The summed E-state index contributed by atoms with van der Waals surface area (Å²) >= 11 is 5.56. The van der Waals surface area contributed by atoms with E-state index in [0.717, 1.165) is 10.9 Å². The molecule has 4 aliphatic heterocycles. The monoisotopic (exact) mass is 605 g/mol. The van der Waals surface area contributed by atoms with Gasteiger partial charge in [-0.2, -0.15) is 0 Å². The number of para-hydroxylation sites is 2. The Kier molecular flexibility index (Phi) is 5.55. The maximum absolute atomic E-state index is 6.96. The third kappa shape index (κ3) is 3.35. The first-order valence-electron chi connectivity index (χ1n) is 13.8. The Morgan fingerprint density at radius 3 is 1.92 bits per heavy atom. The van der Waals surface area contributed by atoms with Crippen LogP contribution < -0.4 is 4.90 Å². The molecule has 0 N–H and O–H groups in total. The molecule has 3 atom stereocenters.